The zero-order valence-corrected chi connectivity index (χ0v) is 14.0. The Morgan fingerprint density at radius 1 is 1.19 bits per heavy atom. The standard InChI is InChI=1S/C19H30N2/c1-5-20-15-18(16-9-7-6-8-10-16)21-13-11-17(12-14-21)19(2,3)4/h6-11,18,20H,5,12-15H2,1-4H3. The third kappa shape index (κ3) is 4.42. The molecular weight excluding hydrogens is 256 g/mol. The van der Waals surface area contributed by atoms with Gasteiger partial charge in [0, 0.05) is 25.7 Å². The Morgan fingerprint density at radius 2 is 1.90 bits per heavy atom. The topological polar surface area (TPSA) is 15.3 Å². The fourth-order valence-electron chi connectivity index (χ4n) is 3.06. The predicted molar refractivity (Wildman–Crippen MR) is 91.5 cm³/mol. The summed E-state index contributed by atoms with van der Waals surface area (Å²) in [7, 11) is 0. The van der Waals surface area contributed by atoms with E-state index >= 15 is 0 Å². The van der Waals surface area contributed by atoms with Crippen LogP contribution >= 0.6 is 0 Å². The van der Waals surface area contributed by atoms with E-state index in [0.717, 1.165) is 26.2 Å². The number of likely N-dealkylation sites (N-methyl/N-ethyl adjacent to an activating group) is 1. The monoisotopic (exact) mass is 286 g/mol. The van der Waals surface area contributed by atoms with E-state index in [1.54, 1.807) is 5.57 Å². The second kappa shape index (κ2) is 7.24. The second-order valence-electron chi connectivity index (χ2n) is 6.96. The first-order valence-corrected chi connectivity index (χ1v) is 8.21. The maximum absolute atomic E-state index is 3.52. The zero-order valence-electron chi connectivity index (χ0n) is 14.0. The van der Waals surface area contributed by atoms with E-state index in [0.29, 0.717) is 11.5 Å². The van der Waals surface area contributed by atoms with E-state index < -0.39 is 0 Å². The summed E-state index contributed by atoms with van der Waals surface area (Å²) in [6, 6.07) is 11.4. The molecule has 0 spiro atoms. The molecule has 0 saturated heterocycles. The Kier molecular flexibility index (Phi) is 5.60. The smallest absolute Gasteiger partial charge is 0.0476 e. The molecule has 2 nitrogen and oxygen atoms in total. The van der Waals surface area contributed by atoms with Gasteiger partial charge in [-0.3, -0.25) is 4.90 Å². The maximum Gasteiger partial charge on any atom is 0.0476 e. The molecule has 21 heavy (non-hydrogen) atoms. The zero-order chi connectivity index (χ0) is 15.3. The largest absolute Gasteiger partial charge is 0.315 e. The predicted octanol–water partition coefficient (Wildman–Crippen LogP) is 4.02. The lowest BCUT2D eigenvalue weighted by atomic mass is 9.82. The van der Waals surface area contributed by atoms with Gasteiger partial charge in [0.05, 0.1) is 0 Å². The molecule has 1 aromatic carbocycles. The third-order valence-electron chi connectivity index (χ3n) is 4.42. The van der Waals surface area contributed by atoms with Crippen LogP contribution in [0.25, 0.3) is 0 Å². The van der Waals surface area contributed by atoms with Crippen LogP contribution in [0.4, 0.5) is 0 Å². The van der Waals surface area contributed by atoms with Crippen LogP contribution in [0.1, 0.15) is 45.7 Å². The van der Waals surface area contributed by atoms with Gasteiger partial charge in [-0.05, 0) is 23.9 Å². The first kappa shape index (κ1) is 16.3. The summed E-state index contributed by atoms with van der Waals surface area (Å²) < 4.78 is 0. The van der Waals surface area contributed by atoms with Crippen molar-refractivity contribution in [2.24, 2.45) is 5.41 Å². The van der Waals surface area contributed by atoms with E-state index in [2.05, 4.69) is 74.3 Å². The van der Waals surface area contributed by atoms with E-state index in [9.17, 15) is 0 Å². The fraction of sp³-hybridized carbons (Fsp3) is 0.579. The molecule has 116 valence electrons. The lowest BCUT2D eigenvalue weighted by Crippen LogP contribution is -2.39. The average Bonchev–Trinajstić information content (AvgIpc) is 2.48. The molecule has 1 aromatic rings. The Balaban J connectivity index is 2.11. The lowest BCUT2D eigenvalue weighted by molar-refractivity contribution is 0.201. The highest BCUT2D eigenvalue weighted by Gasteiger charge is 2.25. The van der Waals surface area contributed by atoms with Gasteiger partial charge >= 0.3 is 0 Å². The van der Waals surface area contributed by atoms with Crippen molar-refractivity contribution >= 4 is 0 Å². The molecule has 1 heterocycles. The Morgan fingerprint density at radius 3 is 2.43 bits per heavy atom. The highest BCUT2D eigenvalue weighted by atomic mass is 15.2. The van der Waals surface area contributed by atoms with Crippen LogP contribution in [-0.4, -0.2) is 31.1 Å². The number of nitrogens with zero attached hydrogens (tertiary/aromatic N) is 1. The van der Waals surface area contributed by atoms with Gasteiger partial charge in [-0.15, -0.1) is 0 Å². The molecule has 2 heteroatoms. The van der Waals surface area contributed by atoms with Crippen molar-refractivity contribution in [3.05, 3.63) is 47.5 Å². The molecule has 1 aliphatic rings. The molecule has 0 fully saturated rings. The van der Waals surface area contributed by atoms with E-state index in [-0.39, 0.29) is 0 Å². The van der Waals surface area contributed by atoms with Crippen LogP contribution in [0.3, 0.4) is 0 Å². The van der Waals surface area contributed by atoms with Gasteiger partial charge in [-0.1, -0.05) is 69.7 Å². The van der Waals surface area contributed by atoms with E-state index in [1.165, 1.54) is 12.0 Å². The molecule has 1 N–H and O–H groups in total. The summed E-state index contributed by atoms with van der Waals surface area (Å²) in [5.74, 6) is 0. The van der Waals surface area contributed by atoms with Gasteiger partial charge in [-0.2, -0.15) is 0 Å². The summed E-state index contributed by atoms with van der Waals surface area (Å²) in [5.41, 5.74) is 3.34. The fourth-order valence-corrected chi connectivity index (χ4v) is 3.06. The summed E-state index contributed by atoms with van der Waals surface area (Å²) in [6.07, 6.45) is 3.64. The molecule has 0 aliphatic carbocycles. The van der Waals surface area contributed by atoms with Crippen molar-refractivity contribution in [2.75, 3.05) is 26.2 Å². The molecule has 0 amide bonds. The molecule has 0 aromatic heterocycles. The van der Waals surface area contributed by atoms with Gasteiger partial charge in [-0.25, -0.2) is 0 Å². The number of nitrogens with one attached hydrogen (secondary N) is 1. The molecular formula is C19H30N2. The second-order valence-corrected chi connectivity index (χ2v) is 6.96. The van der Waals surface area contributed by atoms with Gasteiger partial charge in [0.15, 0.2) is 0 Å². The van der Waals surface area contributed by atoms with Crippen molar-refractivity contribution in [1.82, 2.24) is 10.2 Å². The van der Waals surface area contributed by atoms with Crippen molar-refractivity contribution in [3.63, 3.8) is 0 Å². The van der Waals surface area contributed by atoms with Gasteiger partial charge < -0.3 is 5.32 Å². The molecule has 1 atom stereocenters. The van der Waals surface area contributed by atoms with E-state index in [4.69, 9.17) is 0 Å². The lowest BCUT2D eigenvalue weighted by Gasteiger charge is -2.37. The molecule has 0 saturated carbocycles. The minimum Gasteiger partial charge on any atom is -0.315 e. The maximum atomic E-state index is 3.52. The van der Waals surface area contributed by atoms with Crippen LogP contribution in [0.5, 0.6) is 0 Å². The molecule has 0 bridgehead atoms. The molecule has 2 rings (SSSR count). The number of rotatable bonds is 5. The number of hydrogen-bond donors (Lipinski definition) is 1. The normalized spacial score (nSPS) is 18.4. The van der Waals surface area contributed by atoms with Crippen LogP contribution in [0, 0.1) is 5.41 Å². The average molecular weight is 286 g/mol. The number of benzene rings is 1. The molecule has 1 aliphatic heterocycles. The minimum atomic E-state index is 0.315. The molecule has 1 unspecified atom stereocenters. The Bertz CT molecular complexity index is 456. The highest BCUT2D eigenvalue weighted by molar-refractivity contribution is 5.22. The van der Waals surface area contributed by atoms with Crippen LogP contribution in [-0.2, 0) is 0 Å². The van der Waals surface area contributed by atoms with Crippen LogP contribution < -0.4 is 5.32 Å². The van der Waals surface area contributed by atoms with Crippen molar-refractivity contribution in [2.45, 2.75) is 40.2 Å². The third-order valence-corrected chi connectivity index (χ3v) is 4.42. The van der Waals surface area contributed by atoms with Crippen molar-refractivity contribution < 1.29 is 0 Å². The highest BCUT2D eigenvalue weighted by Crippen LogP contribution is 2.32. The summed E-state index contributed by atoms with van der Waals surface area (Å²) in [5, 5.41) is 3.52. The quantitative estimate of drug-likeness (QED) is 0.823. The summed E-state index contributed by atoms with van der Waals surface area (Å²) in [6.45, 7) is 13.4. The van der Waals surface area contributed by atoms with Crippen molar-refractivity contribution in [1.29, 1.82) is 0 Å². The Hall–Kier alpha value is -1.12. The Labute approximate surface area is 130 Å². The van der Waals surface area contributed by atoms with Crippen molar-refractivity contribution in [3.8, 4) is 0 Å². The van der Waals surface area contributed by atoms with Gasteiger partial charge in [0.1, 0.15) is 0 Å². The van der Waals surface area contributed by atoms with E-state index in [1.807, 2.05) is 0 Å². The minimum absolute atomic E-state index is 0.315. The van der Waals surface area contributed by atoms with Gasteiger partial charge in [0.2, 0.25) is 0 Å². The van der Waals surface area contributed by atoms with Crippen LogP contribution in [0.15, 0.2) is 42.0 Å². The van der Waals surface area contributed by atoms with Crippen LogP contribution in [0.2, 0.25) is 0 Å². The summed E-state index contributed by atoms with van der Waals surface area (Å²) >= 11 is 0. The summed E-state index contributed by atoms with van der Waals surface area (Å²) in [4.78, 5) is 2.60. The first-order valence-electron chi connectivity index (χ1n) is 8.21. The number of hydrogen-bond acceptors (Lipinski definition) is 2. The first-order chi connectivity index (χ1) is 10.0. The van der Waals surface area contributed by atoms with Gasteiger partial charge in [0.25, 0.3) is 0 Å². The molecule has 0 radical (unpaired) electrons. The SMILES string of the molecule is CCNCC(c1ccccc1)N1CC=C(C(C)(C)C)CC1.